The monoisotopic (exact) mass is 314 g/mol. The SMILES string of the molecule is Cc1noc(C)c1C(C)NS(=O)(=O)c1n[nH]c(C)c1CO. The van der Waals surface area contributed by atoms with Crippen LogP contribution < -0.4 is 4.72 Å². The fraction of sp³-hybridized carbons (Fsp3) is 0.500. The summed E-state index contributed by atoms with van der Waals surface area (Å²) in [5, 5.41) is 19.2. The van der Waals surface area contributed by atoms with E-state index in [9.17, 15) is 13.5 Å². The van der Waals surface area contributed by atoms with Gasteiger partial charge in [-0.15, -0.1) is 0 Å². The van der Waals surface area contributed by atoms with Crippen LogP contribution in [-0.4, -0.2) is 28.9 Å². The van der Waals surface area contributed by atoms with Crippen LogP contribution in [-0.2, 0) is 16.6 Å². The number of aryl methyl sites for hydroxylation is 3. The maximum Gasteiger partial charge on any atom is 0.260 e. The lowest BCUT2D eigenvalue weighted by Crippen LogP contribution is -2.28. The predicted molar refractivity (Wildman–Crippen MR) is 74.0 cm³/mol. The largest absolute Gasteiger partial charge is 0.392 e. The number of aliphatic hydroxyl groups excluding tert-OH is 1. The molecule has 9 heteroatoms. The quantitative estimate of drug-likeness (QED) is 0.752. The van der Waals surface area contributed by atoms with Gasteiger partial charge in [0.15, 0.2) is 5.03 Å². The first-order valence-corrected chi connectivity index (χ1v) is 7.86. The average molecular weight is 314 g/mol. The van der Waals surface area contributed by atoms with Crippen molar-refractivity contribution in [2.24, 2.45) is 0 Å². The third kappa shape index (κ3) is 2.85. The average Bonchev–Trinajstić information content (AvgIpc) is 2.92. The first-order valence-electron chi connectivity index (χ1n) is 6.37. The second kappa shape index (κ2) is 5.58. The highest BCUT2D eigenvalue weighted by atomic mass is 32.2. The lowest BCUT2D eigenvalue weighted by Gasteiger charge is -2.13. The number of rotatable bonds is 5. The molecular weight excluding hydrogens is 296 g/mol. The zero-order valence-electron chi connectivity index (χ0n) is 12.3. The first kappa shape index (κ1) is 15.7. The molecule has 0 aromatic carbocycles. The van der Waals surface area contributed by atoms with Crippen LogP contribution in [0.3, 0.4) is 0 Å². The minimum absolute atomic E-state index is 0.193. The summed E-state index contributed by atoms with van der Waals surface area (Å²) in [6, 6.07) is -0.523. The van der Waals surface area contributed by atoms with Crippen molar-refractivity contribution in [2.75, 3.05) is 0 Å². The van der Waals surface area contributed by atoms with Gasteiger partial charge in [-0.25, -0.2) is 13.1 Å². The fourth-order valence-electron chi connectivity index (χ4n) is 2.29. The van der Waals surface area contributed by atoms with E-state index in [2.05, 4.69) is 20.1 Å². The third-order valence-corrected chi connectivity index (χ3v) is 4.81. The van der Waals surface area contributed by atoms with Crippen molar-refractivity contribution >= 4 is 10.0 Å². The Morgan fingerprint density at radius 1 is 1.38 bits per heavy atom. The van der Waals surface area contributed by atoms with Crippen molar-refractivity contribution in [3.8, 4) is 0 Å². The molecule has 3 N–H and O–H groups in total. The Morgan fingerprint density at radius 2 is 2.05 bits per heavy atom. The summed E-state index contributed by atoms with van der Waals surface area (Å²) in [4.78, 5) is 0. The van der Waals surface area contributed by atoms with E-state index in [0.29, 0.717) is 22.7 Å². The van der Waals surface area contributed by atoms with Gasteiger partial charge in [0.1, 0.15) is 5.76 Å². The molecule has 2 rings (SSSR count). The van der Waals surface area contributed by atoms with Crippen LogP contribution in [0.25, 0.3) is 0 Å². The smallest absolute Gasteiger partial charge is 0.260 e. The molecule has 0 aliphatic rings. The second-order valence-corrected chi connectivity index (χ2v) is 6.50. The van der Waals surface area contributed by atoms with Crippen LogP contribution in [0.2, 0.25) is 0 Å². The molecule has 21 heavy (non-hydrogen) atoms. The van der Waals surface area contributed by atoms with E-state index in [-0.39, 0.29) is 10.6 Å². The maximum atomic E-state index is 12.4. The maximum absolute atomic E-state index is 12.4. The molecule has 0 aliphatic heterocycles. The zero-order chi connectivity index (χ0) is 15.8. The van der Waals surface area contributed by atoms with Crippen molar-refractivity contribution in [2.45, 2.75) is 45.4 Å². The molecule has 2 aromatic heterocycles. The number of nitrogens with zero attached hydrogens (tertiary/aromatic N) is 2. The number of aliphatic hydroxyl groups is 1. The van der Waals surface area contributed by atoms with E-state index < -0.39 is 22.7 Å². The van der Waals surface area contributed by atoms with Gasteiger partial charge >= 0.3 is 0 Å². The Balaban J connectivity index is 2.33. The van der Waals surface area contributed by atoms with Gasteiger partial charge in [-0.2, -0.15) is 5.10 Å². The lowest BCUT2D eigenvalue weighted by atomic mass is 10.1. The molecule has 0 radical (unpaired) electrons. The molecular formula is C12H18N4O4S. The lowest BCUT2D eigenvalue weighted by molar-refractivity contribution is 0.277. The van der Waals surface area contributed by atoms with Crippen molar-refractivity contribution in [1.82, 2.24) is 20.1 Å². The van der Waals surface area contributed by atoms with Crippen LogP contribution in [0.4, 0.5) is 0 Å². The summed E-state index contributed by atoms with van der Waals surface area (Å²) in [7, 11) is -3.86. The molecule has 1 unspecified atom stereocenters. The number of nitrogens with one attached hydrogen (secondary N) is 2. The van der Waals surface area contributed by atoms with Gasteiger partial charge in [-0.1, -0.05) is 5.16 Å². The van der Waals surface area contributed by atoms with Crippen LogP contribution in [0.5, 0.6) is 0 Å². The molecule has 2 aromatic rings. The summed E-state index contributed by atoms with van der Waals surface area (Å²) in [5.41, 5.74) is 2.09. The Hall–Kier alpha value is -1.71. The Morgan fingerprint density at radius 3 is 2.57 bits per heavy atom. The van der Waals surface area contributed by atoms with Crippen molar-refractivity contribution < 1.29 is 18.0 Å². The second-order valence-electron chi connectivity index (χ2n) is 4.87. The van der Waals surface area contributed by atoms with E-state index in [1.165, 1.54) is 0 Å². The number of hydrogen-bond acceptors (Lipinski definition) is 6. The highest BCUT2D eigenvalue weighted by molar-refractivity contribution is 7.89. The van der Waals surface area contributed by atoms with Crippen molar-refractivity contribution in [3.05, 3.63) is 28.3 Å². The van der Waals surface area contributed by atoms with E-state index in [1.54, 1.807) is 27.7 Å². The minimum Gasteiger partial charge on any atom is -0.392 e. The molecule has 0 bridgehead atoms. The van der Waals surface area contributed by atoms with Crippen LogP contribution in [0.1, 0.15) is 41.2 Å². The Kier molecular flexibility index (Phi) is 4.17. The van der Waals surface area contributed by atoms with Crippen LogP contribution in [0.15, 0.2) is 9.55 Å². The number of aromatic amines is 1. The van der Waals surface area contributed by atoms with Gasteiger partial charge < -0.3 is 9.63 Å². The molecule has 0 amide bonds. The van der Waals surface area contributed by atoms with Gasteiger partial charge in [0.05, 0.1) is 12.3 Å². The molecule has 0 spiro atoms. The van der Waals surface area contributed by atoms with E-state index in [0.717, 1.165) is 0 Å². The fourth-order valence-corrected chi connectivity index (χ4v) is 3.70. The highest BCUT2D eigenvalue weighted by Gasteiger charge is 2.27. The normalized spacial score (nSPS) is 13.6. The Bertz CT molecular complexity index is 728. The molecule has 116 valence electrons. The van der Waals surface area contributed by atoms with Crippen LogP contribution in [0, 0.1) is 20.8 Å². The third-order valence-electron chi connectivity index (χ3n) is 3.30. The van der Waals surface area contributed by atoms with Crippen molar-refractivity contribution in [1.29, 1.82) is 0 Å². The molecule has 0 aliphatic carbocycles. The van der Waals surface area contributed by atoms with E-state index in [4.69, 9.17) is 4.52 Å². The number of H-pyrrole nitrogens is 1. The summed E-state index contributed by atoms with van der Waals surface area (Å²) in [6.07, 6.45) is 0. The van der Waals surface area contributed by atoms with Gasteiger partial charge in [0, 0.05) is 22.9 Å². The zero-order valence-corrected chi connectivity index (χ0v) is 13.1. The van der Waals surface area contributed by atoms with Gasteiger partial charge in [-0.05, 0) is 27.7 Å². The molecule has 0 saturated carbocycles. The summed E-state index contributed by atoms with van der Waals surface area (Å²) in [5.74, 6) is 0.559. The first-order chi connectivity index (χ1) is 9.77. The topological polar surface area (TPSA) is 121 Å². The molecule has 0 saturated heterocycles. The standard InChI is InChI=1S/C12H18N4O4S/c1-6-10(5-17)12(14-13-6)21(18,19)16-8(3)11-7(2)15-20-9(11)4/h8,16-17H,5H2,1-4H3,(H,13,14). The number of hydrogen-bond donors (Lipinski definition) is 3. The van der Waals surface area contributed by atoms with E-state index in [1.807, 2.05) is 0 Å². The summed E-state index contributed by atoms with van der Waals surface area (Å²) < 4.78 is 32.4. The van der Waals surface area contributed by atoms with Crippen molar-refractivity contribution in [3.63, 3.8) is 0 Å². The minimum atomic E-state index is -3.86. The predicted octanol–water partition coefficient (Wildman–Crippen LogP) is 0.855. The highest BCUT2D eigenvalue weighted by Crippen LogP contribution is 2.24. The Labute approximate surface area is 122 Å². The number of sulfonamides is 1. The number of aromatic nitrogens is 3. The van der Waals surface area contributed by atoms with Gasteiger partial charge in [0.2, 0.25) is 0 Å². The molecule has 0 fully saturated rings. The van der Waals surface area contributed by atoms with Gasteiger partial charge in [-0.3, -0.25) is 5.10 Å². The summed E-state index contributed by atoms with van der Waals surface area (Å²) in [6.45, 7) is 6.41. The molecule has 1 atom stereocenters. The van der Waals surface area contributed by atoms with Crippen LogP contribution >= 0.6 is 0 Å². The van der Waals surface area contributed by atoms with E-state index >= 15 is 0 Å². The summed E-state index contributed by atoms with van der Waals surface area (Å²) >= 11 is 0. The molecule has 8 nitrogen and oxygen atoms in total. The van der Waals surface area contributed by atoms with Gasteiger partial charge in [0.25, 0.3) is 10.0 Å². The molecule has 2 heterocycles.